The minimum absolute atomic E-state index is 0.0183. The molecule has 0 atom stereocenters. The summed E-state index contributed by atoms with van der Waals surface area (Å²) in [6.07, 6.45) is 3.72. The van der Waals surface area contributed by atoms with E-state index in [2.05, 4.69) is 29.5 Å². The summed E-state index contributed by atoms with van der Waals surface area (Å²) in [4.78, 5) is 13.9. The molecule has 0 aliphatic rings. The summed E-state index contributed by atoms with van der Waals surface area (Å²) >= 11 is 0. The van der Waals surface area contributed by atoms with Gasteiger partial charge >= 0.3 is 6.61 Å². The van der Waals surface area contributed by atoms with Crippen LogP contribution in [0.3, 0.4) is 0 Å². The number of nitrogens with zero attached hydrogens (tertiary/aromatic N) is 5. The van der Waals surface area contributed by atoms with Crippen molar-refractivity contribution in [2.24, 2.45) is 7.05 Å². The number of aromatic nitrogens is 5. The molecule has 0 amide bonds. The van der Waals surface area contributed by atoms with E-state index in [1.165, 1.54) is 16.8 Å². The van der Waals surface area contributed by atoms with Crippen molar-refractivity contribution in [3.05, 3.63) is 71.3 Å². The third-order valence-corrected chi connectivity index (χ3v) is 7.95. The Bertz CT molecular complexity index is 1650. The third-order valence-electron chi connectivity index (χ3n) is 6.25. The monoisotopic (exact) mass is 537 g/mol. The van der Waals surface area contributed by atoms with Gasteiger partial charge in [0.15, 0.2) is 5.65 Å². The van der Waals surface area contributed by atoms with Crippen molar-refractivity contribution < 1.29 is 18.3 Å². The van der Waals surface area contributed by atoms with Crippen LogP contribution in [0, 0.1) is 0 Å². The van der Waals surface area contributed by atoms with E-state index < -0.39 is 14.7 Å². The van der Waals surface area contributed by atoms with Gasteiger partial charge in [-0.25, -0.2) is 0 Å². The third kappa shape index (κ3) is 5.39. The van der Waals surface area contributed by atoms with Crippen LogP contribution < -0.4 is 10.3 Å². The molecule has 3 aromatic heterocycles. The van der Waals surface area contributed by atoms with E-state index in [1.54, 1.807) is 22.9 Å². The molecule has 38 heavy (non-hydrogen) atoms. The molecule has 8 nitrogen and oxygen atoms in total. The lowest BCUT2D eigenvalue weighted by Gasteiger charge is -2.16. The number of rotatable bonds is 9. The second-order valence-corrected chi connectivity index (χ2v) is 16.0. The average Bonchev–Trinajstić information content (AvgIpc) is 3.42. The number of halogens is 2. The predicted molar refractivity (Wildman–Crippen MR) is 146 cm³/mol. The average molecular weight is 538 g/mol. The number of fused-ring (bicyclic) bond motifs is 2. The standard InChI is InChI=1S/C27H29F2N5O3Si/c1-32-16-19-15-20(7-10-23(19)30-32)34-26(35)24(18-5-8-21(9-6-18)37-27(28)29)22-11-12-33(25(22)31-34)17-36-13-14-38(2,3)4/h5-12,15-16,27H,13-14,17H2,1-4H3. The summed E-state index contributed by atoms with van der Waals surface area (Å²) in [5, 5.41) is 10.7. The van der Waals surface area contributed by atoms with Crippen LogP contribution in [0.4, 0.5) is 8.78 Å². The molecule has 0 unspecified atom stereocenters. The molecule has 0 radical (unpaired) electrons. The predicted octanol–water partition coefficient (Wildman–Crippen LogP) is 5.65. The molecule has 0 aliphatic heterocycles. The van der Waals surface area contributed by atoms with Gasteiger partial charge in [0, 0.05) is 44.9 Å². The highest BCUT2D eigenvalue weighted by Crippen LogP contribution is 2.28. The number of hydrogen-bond donors (Lipinski definition) is 0. The molecule has 0 fully saturated rings. The van der Waals surface area contributed by atoms with Gasteiger partial charge in [0.1, 0.15) is 12.5 Å². The van der Waals surface area contributed by atoms with Crippen molar-refractivity contribution in [1.29, 1.82) is 0 Å². The number of alkyl halides is 2. The number of hydrogen-bond acceptors (Lipinski definition) is 5. The minimum Gasteiger partial charge on any atom is -0.435 e. The molecule has 0 N–H and O–H groups in total. The zero-order valence-electron chi connectivity index (χ0n) is 21.7. The van der Waals surface area contributed by atoms with Crippen LogP contribution in [-0.2, 0) is 18.5 Å². The Morgan fingerprint density at radius 2 is 1.79 bits per heavy atom. The summed E-state index contributed by atoms with van der Waals surface area (Å²) in [5.41, 5.74) is 2.61. The maximum atomic E-state index is 13.9. The Morgan fingerprint density at radius 3 is 2.50 bits per heavy atom. The first-order chi connectivity index (χ1) is 18.1. The van der Waals surface area contributed by atoms with E-state index >= 15 is 0 Å². The van der Waals surface area contributed by atoms with E-state index in [1.807, 2.05) is 42.2 Å². The Hall–Kier alpha value is -3.83. The topological polar surface area (TPSA) is 76.1 Å². The number of ether oxygens (including phenoxy) is 2. The lowest BCUT2D eigenvalue weighted by Crippen LogP contribution is -2.24. The lowest BCUT2D eigenvalue weighted by molar-refractivity contribution is -0.0498. The van der Waals surface area contributed by atoms with Crippen LogP contribution in [0.25, 0.3) is 38.8 Å². The van der Waals surface area contributed by atoms with Gasteiger partial charge in [-0.3, -0.25) is 9.48 Å². The van der Waals surface area contributed by atoms with Crippen LogP contribution in [-0.4, -0.2) is 45.4 Å². The summed E-state index contributed by atoms with van der Waals surface area (Å²) in [6, 6.07) is 14.4. The molecule has 0 bridgehead atoms. The fraction of sp³-hybridized carbons (Fsp3) is 0.296. The minimum atomic E-state index is -2.93. The smallest absolute Gasteiger partial charge is 0.387 e. The molecular formula is C27H29F2N5O3Si. The van der Waals surface area contributed by atoms with Gasteiger partial charge < -0.3 is 14.0 Å². The molecule has 3 heterocycles. The van der Waals surface area contributed by atoms with Gasteiger partial charge in [-0.2, -0.15) is 18.6 Å². The van der Waals surface area contributed by atoms with E-state index in [4.69, 9.17) is 9.84 Å². The largest absolute Gasteiger partial charge is 0.435 e. The van der Waals surface area contributed by atoms with E-state index in [0.29, 0.717) is 41.2 Å². The highest BCUT2D eigenvalue weighted by molar-refractivity contribution is 6.76. The van der Waals surface area contributed by atoms with Crippen molar-refractivity contribution >= 4 is 30.0 Å². The van der Waals surface area contributed by atoms with E-state index in [9.17, 15) is 13.6 Å². The maximum absolute atomic E-state index is 13.9. The highest BCUT2D eigenvalue weighted by atomic mass is 28.3. The summed E-state index contributed by atoms with van der Waals surface area (Å²) in [5.74, 6) is 0.0183. The molecular weight excluding hydrogens is 508 g/mol. The Kier molecular flexibility index (Phi) is 6.89. The zero-order chi connectivity index (χ0) is 27.0. The molecule has 0 aliphatic carbocycles. The van der Waals surface area contributed by atoms with Crippen LogP contribution in [0.2, 0.25) is 25.7 Å². The second kappa shape index (κ2) is 10.1. The van der Waals surface area contributed by atoms with Crippen LogP contribution in [0.5, 0.6) is 5.75 Å². The van der Waals surface area contributed by atoms with Crippen molar-refractivity contribution in [3.63, 3.8) is 0 Å². The van der Waals surface area contributed by atoms with E-state index in [-0.39, 0.29) is 11.3 Å². The van der Waals surface area contributed by atoms with Gasteiger partial charge in [0.05, 0.1) is 16.8 Å². The molecule has 11 heteroatoms. The van der Waals surface area contributed by atoms with Gasteiger partial charge in [-0.15, -0.1) is 5.10 Å². The van der Waals surface area contributed by atoms with E-state index in [0.717, 1.165) is 16.9 Å². The van der Waals surface area contributed by atoms with Gasteiger partial charge in [0.2, 0.25) is 0 Å². The molecule has 5 aromatic rings. The molecule has 2 aromatic carbocycles. The molecule has 0 saturated carbocycles. The Morgan fingerprint density at radius 1 is 1.03 bits per heavy atom. The molecule has 198 valence electrons. The van der Waals surface area contributed by atoms with Gasteiger partial charge in [0.25, 0.3) is 5.56 Å². The first-order valence-electron chi connectivity index (χ1n) is 12.3. The summed E-state index contributed by atoms with van der Waals surface area (Å²) < 4.78 is 40.7. The molecule has 5 rings (SSSR count). The van der Waals surface area contributed by atoms with Crippen LogP contribution >= 0.6 is 0 Å². The maximum Gasteiger partial charge on any atom is 0.387 e. The van der Waals surface area contributed by atoms with Gasteiger partial charge in [-0.05, 0) is 48.0 Å². The zero-order valence-corrected chi connectivity index (χ0v) is 22.7. The van der Waals surface area contributed by atoms with Crippen LogP contribution in [0.15, 0.2) is 65.7 Å². The van der Waals surface area contributed by atoms with Crippen molar-refractivity contribution in [1.82, 2.24) is 24.1 Å². The molecule has 0 spiro atoms. The second-order valence-electron chi connectivity index (χ2n) is 10.4. The molecule has 0 saturated heterocycles. The van der Waals surface area contributed by atoms with Crippen molar-refractivity contribution in [2.75, 3.05) is 6.61 Å². The summed E-state index contributed by atoms with van der Waals surface area (Å²) in [6.45, 7) is 4.90. The number of aryl methyl sites for hydroxylation is 1. The summed E-state index contributed by atoms with van der Waals surface area (Å²) in [7, 11) is 0.596. The Labute approximate surface area is 219 Å². The SMILES string of the molecule is Cn1cc2cc(-n3nc4c(ccn4COCC[Si](C)(C)C)c(-c4ccc(OC(F)F)cc4)c3=O)ccc2n1. The first-order valence-corrected chi connectivity index (χ1v) is 16.0. The normalized spacial score (nSPS) is 12.2. The van der Waals surface area contributed by atoms with Crippen LogP contribution in [0.1, 0.15) is 0 Å². The van der Waals surface area contributed by atoms with Crippen molar-refractivity contribution in [2.45, 2.75) is 39.0 Å². The first kappa shape index (κ1) is 25.8. The Balaban J connectivity index is 1.62. The lowest BCUT2D eigenvalue weighted by atomic mass is 10.0. The fourth-order valence-corrected chi connectivity index (χ4v) is 5.06. The highest BCUT2D eigenvalue weighted by Gasteiger charge is 2.19. The van der Waals surface area contributed by atoms with Gasteiger partial charge in [-0.1, -0.05) is 31.8 Å². The quantitative estimate of drug-likeness (QED) is 0.179. The fourth-order valence-electron chi connectivity index (χ4n) is 4.30. The number of benzene rings is 2. The van der Waals surface area contributed by atoms with Crippen molar-refractivity contribution in [3.8, 4) is 22.6 Å².